The summed E-state index contributed by atoms with van der Waals surface area (Å²) in [6.07, 6.45) is 0. The predicted molar refractivity (Wildman–Crippen MR) is 86.6 cm³/mol. The number of nitrogen functional groups attached to an aromatic ring is 1. The van der Waals surface area contributed by atoms with Crippen LogP contribution in [-0.4, -0.2) is 9.97 Å². The Bertz CT molecular complexity index is 792. The standard InChI is InChI=1S/C16H14BrN3/c1-9-5-10(2)7-11(6-9)16-19-14-4-3-12(17)8-13(14)15(18)20-16/h3-8H,1-2H3,(H2,18,19,20). The van der Waals surface area contributed by atoms with E-state index in [1.807, 2.05) is 18.2 Å². The quantitative estimate of drug-likeness (QED) is 0.726. The fourth-order valence-electron chi connectivity index (χ4n) is 2.36. The van der Waals surface area contributed by atoms with Crippen molar-refractivity contribution in [2.24, 2.45) is 0 Å². The number of benzene rings is 2. The minimum atomic E-state index is 0.505. The van der Waals surface area contributed by atoms with Crippen LogP contribution < -0.4 is 5.73 Å². The number of aromatic nitrogens is 2. The van der Waals surface area contributed by atoms with Crippen molar-refractivity contribution in [1.82, 2.24) is 9.97 Å². The molecule has 0 amide bonds. The molecule has 0 unspecified atom stereocenters. The second-order valence-corrected chi connectivity index (χ2v) is 5.89. The first kappa shape index (κ1) is 13.1. The average Bonchev–Trinajstić information content (AvgIpc) is 2.38. The topological polar surface area (TPSA) is 51.8 Å². The molecule has 20 heavy (non-hydrogen) atoms. The van der Waals surface area contributed by atoms with Gasteiger partial charge in [-0.05, 0) is 44.2 Å². The molecule has 2 aromatic carbocycles. The number of nitrogens with two attached hydrogens (primary N) is 1. The van der Waals surface area contributed by atoms with E-state index in [0.29, 0.717) is 11.6 Å². The molecule has 0 atom stereocenters. The van der Waals surface area contributed by atoms with Crippen LogP contribution in [0.1, 0.15) is 11.1 Å². The maximum atomic E-state index is 6.07. The monoisotopic (exact) mass is 327 g/mol. The Morgan fingerprint density at radius 3 is 2.35 bits per heavy atom. The van der Waals surface area contributed by atoms with Gasteiger partial charge in [0.1, 0.15) is 5.82 Å². The lowest BCUT2D eigenvalue weighted by molar-refractivity contribution is 1.22. The first-order valence-corrected chi connectivity index (χ1v) is 7.14. The molecule has 4 heteroatoms. The van der Waals surface area contributed by atoms with E-state index in [1.54, 1.807) is 0 Å². The summed E-state index contributed by atoms with van der Waals surface area (Å²) in [4.78, 5) is 9.06. The maximum Gasteiger partial charge on any atom is 0.162 e. The van der Waals surface area contributed by atoms with E-state index in [9.17, 15) is 0 Å². The van der Waals surface area contributed by atoms with Gasteiger partial charge in [0.15, 0.2) is 5.82 Å². The Labute approximate surface area is 126 Å². The fourth-order valence-corrected chi connectivity index (χ4v) is 2.72. The molecular weight excluding hydrogens is 314 g/mol. The number of nitrogens with zero attached hydrogens (tertiary/aromatic N) is 2. The zero-order chi connectivity index (χ0) is 14.3. The highest BCUT2D eigenvalue weighted by molar-refractivity contribution is 9.10. The van der Waals surface area contributed by atoms with Gasteiger partial charge in [0.05, 0.1) is 5.52 Å². The van der Waals surface area contributed by atoms with Gasteiger partial charge in [0.25, 0.3) is 0 Å². The van der Waals surface area contributed by atoms with Gasteiger partial charge < -0.3 is 5.73 Å². The van der Waals surface area contributed by atoms with Crippen LogP contribution in [-0.2, 0) is 0 Å². The first-order valence-electron chi connectivity index (χ1n) is 6.34. The zero-order valence-electron chi connectivity index (χ0n) is 11.3. The normalized spacial score (nSPS) is 10.9. The third kappa shape index (κ3) is 2.39. The van der Waals surface area contributed by atoms with Crippen molar-refractivity contribution in [3.8, 4) is 11.4 Å². The van der Waals surface area contributed by atoms with Gasteiger partial charge in [-0.25, -0.2) is 9.97 Å². The number of hydrogen-bond donors (Lipinski definition) is 1. The summed E-state index contributed by atoms with van der Waals surface area (Å²) in [5.41, 5.74) is 10.3. The molecule has 3 nitrogen and oxygen atoms in total. The summed E-state index contributed by atoms with van der Waals surface area (Å²) in [6, 6.07) is 12.1. The fraction of sp³-hybridized carbons (Fsp3) is 0.125. The number of aryl methyl sites for hydroxylation is 2. The minimum absolute atomic E-state index is 0.505. The average molecular weight is 328 g/mol. The Kier molecular flexibility index (Phi) is 3.18. The third-order valence-electron chi connectivity index (χ3n) is 3.17. The molecule has 1 aromatic heterocycles. The second-order valence-electron chi connectivity index (χ2n) is 4.97. The van der Waals surface area contributed by atoms with Crippen molar-refractivity contribution in [2.75, 3.05) is 5.73 Å². The van der Waals surface area contributed by atoms with E-state index in [2.05, 4.69) is 57.9 Å². The largest absolute Gasteiger partial charge is 0.383 e. The van der Waals surface area contributed by atoms with Crippen molar-refractivity contribution < 1.29 is 0 Å². The molecule has 0 aliphatic rings. The lowest BCUT2D eigenvalue weighted by atomic mass is 10.1. The summed E-state index contributed by atoms with van der Waals surface area (Å²) in [5.74, 6) is 1.18. The van der Waals surface area contributed by atoms with Crippen LogP contribution in [0, 0.1) is 13.8 Å². The van der Waals surface area contributed by atoms with Gasteiger partial charge in [0.2, 0.25) is 0 Å². The molecule has 3 aromatic rings. The number of anilines is 1. The summed E-state index contributed by atoms with van der Waals surface area (Å²) < 4.78 is 0.972. The van der Waals surface area contributed by atoms with Gasteiger partial charge in [0, 0.05) is 15.4 Å². The van der Waals surface area contributed by atoms with Crippen molar-refractivity contribution >= 4 is 32.7 Å². The van der Waals surface area contributed by atoms with Crippen molar-refractivity contribution in [3.05, 3.63) is 52.0 Å². The molecule has 2 N–H and O–H groups in total. The zero-order valence-corrected chi connectivity index (χ0v) is 12.9. The highest BCUT2D eigenvalue weighted by Gasteiger charge is 2.08. The molecule has 0 radical (unpaired) electrons. The van der Waals surface area contributed by atoms with E-state index in [1.165, 1.54) is 11.1 Å². The second kappa shape index (κ2) is 4.87. The summed E-state index contributed by atoms with van der Waals surface area (Å²) >= 11 is 3.44. The van der Waals surface area contributed by atoms with Crippen LogP contribution in [0.15, 0.2) is 40.9 Å². The highest BCUT2D eigenvalue weighted by Crippen LogP contribution is 2.26. The maximum absolute atomic E-state index is 6.07. The molecular formula is C16H14BrN3. The van der Waals surface area contributed by atoms with Crippen LogP contribution in [0.2, 0.25) is 0 Å². The molecule has 0 saturated carbocycles. The molecule has 3 rings (SSSR count). The minimum Gasteiger partial charge on any atom is -0.383 e. The van der Waals surface area contributed by atoms with E-state index in [0.717, 1.165) is 20.9 Å². The van der Waals surface area contributed by atoms with Crippen LogP contribution >= 0.6 is 15.9 Å². The van der Waals surface area contributed by atoms with Gasteiger partial charge in [-0.3, -0.25) is 0 Å². The summed E-state index contributed by atoms with van der Waals surface area (Å²) in [7, 11) is 0. The number of rotatable bonds is 1. The molecule has 1 heterocycles. The molecule has 0 fully saturated rings. The predicted octanol–water partition coefficient (Wildman–Crippen LogP) is 4.26. The molecule has 100 valence electrons. The first-order chi connectivity index (χ1) is 9.52. The molecule has 0 saturated heterocycles. The lowest BCUT2D eigenvalue weighted by Crippen LogP contribution is -1.98. The van der Waals surface area contributed by atoms with Crippen LogP contribution in [0.25, 0.3) is 22.3 Å². The smallest absolute Gasteiger partial charge is 0.162 e. The van der Waals surface area contributed by atoms with Crippen LogP contribution in [0.4, 0.5) is 5.82 Å². The number of halogens is 1. The van der Waals surface area contributed by atoms with Crippen molar-refractivity contribution in [1.29, 1.82) is 0 Å². The van der Waals surface area contributed by atoms with Crippen LogP contribution in [0.3, 0.4) is 0 Å². The molecule has 0 bridgehead atoms. The summed E-state index contributed by atoms with van der Waals surface area (Å²) in [5, 5.41) is 0.868. The summed E-state index contributed by atoms with van der Waals surface area (Å²) in [6.45, 7) is 4.13. The SMILES string of the molecule is Cc1cc(C)cc(-c2nc(N)c3cc(Br)ccc3n2)c1. The molecule has 0 aliphatic carbocycles. The van der Waals surface area contributed by atoms with E-state index in [4.69, 9.17) is 5.73 Å². The van der Waals surface area contributed by atoms with Crippen molar-refractivity contribution in [2.45, 2.75) is 13.8 Å². The Hall–Kier alpha value is -1.94. The molecule has 0 spiro atoms. The number of fused-ring (bicyclic) bond motifs is 1. The molecule has 0 aliphatic heterocycles. The van der Waals surface area contributed by atoms with Crippen LogP contribution in [0.5, 0.6) is 0 Å². The van der Waals surface area contributed by atoms with Gasteiger partial charge in [-0.1, -0.05) is 33.1 Å². The van der Waals surface area contributed by atoms with E-state index in [-0.39, 0.29) is 0 Å². The van der Waals surface area contributed by atoms with Crippen molar-refractivity contribution in [3.63, 3.8) is 0 Å². The Balaban J connectivity index is 2.24. The van der Waals surface area contributed by atoms with Gasteiger partial charge >= 0.3 is 0 Å². The Morgan fingerprint density at radius 1 is 0.950 bits per heavy atom. The van der Waals surface area contributed by atoms with E-state index >= 15 is 0 Å². The number of hydrogen-bond acceptors (Lipinski definition) is 3. The van der Waals surface area contributed by atoms with Gasteiger partial charge in [-0.2, -0.15) is 0 Å². The lowest BCUT2D eigenvalue weighted by Gasteiger charge is -2.07. The highest BCUT2D eigenvalue weighted by atomic mass is 79.9. The Morgan fingerprint density at radius 2 is 1.65 bits per heavy atom. The van der Waals surface area contributed by atoms with Gasteiger partial charge in [-0.15, -0.1) is 0 Å². The third-order valence-corrected chi connectivity index (χ3v) is 3.66. The van der Waals surface area contributed by atoms with E-state index < -0.39 is 0 Å².